The van der Waals surface area contributed by atoms with E-state index in [9.17, 15) is 4.79 Å². The number of piperidine rings is 1. The predicted octanol–water partition coefficient (Wildman–Crippen LogP) is 5.38. The standard InChI is InChI=1S/C30H27N5O/c36-28(33-29-23-9-3-1-7-21(23)22-8-2-4-10-24(22)29)19-20-13-16-34(17-14-20)27-15-18-35-26-12-6-5-11-25(26)31-30(35)32-27/h1-12,15,18,20,29H,13-14,16-17,19H2,(H,33,36). The van der Waals surface area contributed by atoms with Crippen molar-refractivity contribution in [3.05, 3.63) is 96.2 Å². The van der Waals surface area contributed by atoms with Gasteiger partial charge in [-0.1, -0.05) is 60.7 Å². The number of carbonyl (C=O) groups is 1. The molecule has 0 atom stereocenters. The first-order valence-electron chi connectivity index (χ1n) is 12.7. The summed E-state index contributed by atoms with van der Waals surface area (Å²) < 4.78 is 2.04. The van der Waals surface area contributed by atoms with Gasteiger partial charge in [-0.05, 0) is 59.2 Å². The number of hydrogen-bond donors (Lipinski definition) is 1. The summed E-state index contributed by atoms with van der Waals surface area (Å²) in [6.45, 7) is 1.80. The maximum Gasteiger partial charge on any atom is 0.236 e. The molecule has 6 nitrogen and oxygen atoms in total. The van der Waals surface area contributed by atoms with E-state index in [4.69, 9.17) is 4.98 Å². The molecule has 178 valence electrons. The molecule has 3 heterocycles. The Morgan fingerprint density at radius 3 is 2.25 bits per heavy atom. The highest BCUT2D eigenvalue weighted by Gasteiger charge is 2.30. The molecule has 1 N–H and O–H groups in total. The van der Waals surface area contributed by atoms with E-state index in [0.717, 1.165) is 48.6 Å². The van der Waals surface area contributed by atoms with Crippen LogP contribution in [0.2, 0.25) is 0 Å². The molecule has 3 aromatic carbocycles. The fourth-order valence-electron chi connectivity index (χ4n) is 5.87. The van der Waals surface area contributed by atoms with Crippen LogP contribution in [0.4, 0.5) is 5.82 Å². The van der Waals surface area contributed by atoms with Crippen molar-refractivity contribution in [1.82, 2.24) is 19.7 Å². The highest BCUT2D eigenvalue weighted by molar-refractivity contribution is 5.83. The van der Waals surface area contributed by atoms with Gasteiger partial charge < -0.3 is 10.2 Å². The van der Waals surface area contributed by atoms with E-state index in [0.29, 0.717) is 12.3 Å². The number of aromatic nitrogens is 3. The summed E-state index contributed by atoms with van der Waals surface area (Å²) in [7, 11) is 0. The number of para-hydroxylation sites is 2. The zero-order chi connectivity index (χ0) is 24.1. The van der Waals surface area contributed by atoms with Crippen molar-refractivity contribution in [2.24, 2.45) is 5.92 Å². The molecular weight excluding hydrogens is 446 g/mol. The van der Waals surface area contributed by atoms with Crippen LogP contribution in [0.15, 0.2) is 85.1 Å². The Labute approximate surface area is 209 Å². The van der Waals surface area contributed by atoms with Gasteiger partial charge in [0, 0.05) is 25.7 Å². The van der Waals surface area contributed by atoms with E-state index < -0.39 is 0 Å². The van der Waals surface area contributed by atoms with Crippen molar-refractivity contribution in [3.8, 4) is 11.1 Å². The molecule has 0 radical (unpaired) electrons. The topological polar surface area (TPSA) is 62.5 Å². The SMILES string of the molecule is O=C(CC1CCN(c2ccn3c(n2)nc2ccccc23)CC1)NC1c2ccccc2-c2ccccc21. The quantitative estimate of drug-likeness (QED) is 0.381. The molecule has 1 fully saturated rings. The molecule has 1 aliphatic heterocycles. The Balaban J connectivity index is 1.01. The number of benzene rings is 3. The van der Waals surface area contributed by atoms with Crippen molar-refractivity contribution in [3.63, 3.8) is 0 Å². The highest BCUT2D eigenvalue weighted by Crippen LogP contribution is 2.43. The van der Waals surface area contributed by atoms with E-state index in [1.54, 1.807) is 0 Å². The predicted molar refractivity (Wildman–Crippen MR) is 142 cm³/mol. The fraction of sp³-hybridized carbons (Fsp3) is 0.233. The van der Waals surface area contributed by atoms with Gasteiger partial charge in [-0.3, -0.25) is 9.20 Å². The number of anilines is 1. The Bertz CT molecular complexity index is 1550. The van der Waals surface area contributed by atoms with Gasteiger partial charge in [0.1, 0.15) is 5.82 Å². The van der Waals surface area contributed by atoms with Crippen LogP contribution in [0, 0.1) is 5.92 Å². The van der Waals surface area contributed by atoms with Gasteiger partial charge in [0.05, 0.1) is 17.1 Å². The maximum absolute atomic E-state index is 13.1. The summed E-state index contributed by atoms with van der Waals surface area (Å²) >= 11 is 0. The van der Waals surface area contributed by atoms with E-state index >= 15 is 0 Å². The minimum Gasteiger partial charge on any atom is -0.356 e. The molecule has 1 aliphatic carbocycles. The molecule has 0 bridgehead atoms. The molecule has 7 rings (SSSR count). The monoisotopic (exact) mass is 473 g/mol. The van der Waals surface area contributed by atoms with Crippen molar-refractivity contribution in [1.29, 1.82) is 0 Å². The first-order chi connectivity index (χ1) is 17.7. The van der Waals surface area contributed by atoms with Crippen molar-refractivity contribution in [2.45, 2.75) is 25.3 Å². The van der Waals surface area contributed by atoms with Crippen LogP contribution >= 0.6 is 0 Å². The number of fused-ring (bicyclic) bond motifs is 6. The average Bonchev–Trinajstić information content (AvgIpc) is 3.45. The van der Waals surface area contributed by atoms with Crippen LogP contribution in [0.1, 0.15) is 36.4 Å². The molecular formula is C30H27N5O. The number of rotatable bonds is 4. The summed E-state index contributed by atoms with van der Waals surface area (Å²) in [5.41, 5.74) is 6.86. The zero-order valence-electron chi connectivity index (χ0n) is 20.0. The number of nitrogens with zero attached hydrogens (tertiary/aromatic N) is 4. The maximum atomic E-state index is 13.1. The number of nitrogens with one attached hydrogen (secondary N) is 1. The van der Waals surface area contributed by atoms with E-state index in [-0.39, 0.29) is 11.9 Å². The lowest BCUT2D eigenvalue weighted by atomic mass is 9.93. The van der Waals surface area contributed by atoms with Gasteiger partial charge in [-0.2, -0.15) is 4.98 Å². The second kappa shape index (κ2) is 8.48. The van der Waals surface area contributed by atoms with Gasteiger partial charge in [0.2, 0.25) is 11.7 Å². The van der Waals surface area contributed by atoms with Crippen molar-refractivity contribution < 1.29 is 4.79 Å². The molecule has 2 aromatic heterocycles. The summed E-state index contributed by atoms with van der Waals surface area (Å²) in [5.74, 6) is 2.20. The van der Waals surface area contributed by atoms with E-state index in [1.165, 1.54) is 22.3 Å². The first-order valence-corrected chi connectivity index (χ1v) is 12.7. The van der Waals surface area contributed by atoms with Crippen molar-refractivity contribution >= 4 is 28.5 Å². The summed E-state index contributed by atoms with van der Waals surface area (Å²) in [4.78, 5) is 24.9. The fourth-order valence-corrected chi connectivity index (χ4v) is 5.87. The van der Waals surface area contributed by atoms with Crippen LogP contribution in [0.3, 0.4) is 0 Å². The third kappa shape index (κ3) is 3.52. The first kappa shape index (κ1) is 21.1. The van der Waals surface area contributed by atoms with Crippen molar-refractivity contribution in [2.75, 3.05) is 18.0 Å². The number of amides is 1. The second-order valence-electron chi connectivity index (χ2n) is 9.87. The molecule has 36 heavy (non-hydrogen) atoms. The summed E-state index contributed by atoms with van der Waals surface area (Å²) in [6, 6.07) is 26.9. The second-order valence-corrected chi connectivity index (χ2v) is 9.87. The molecule has 0 saturated carbocycles. The van der Waals surface area contributed by atoms with E-state index in [1.807, 2.05) is 22.6 Å². The average molecular weight is 474 g/mol. The lowest BCUT2D eigenvalue weighted by molar-refractivity contribution is -0.122. The van der Waals surface area contributed by atoms with Gasteiger partial charge >= 0.3 is 0 Å². The lowest BCUT2D eigenvalue weighted by Gasteiger charge is -2.32. The molecule has 6 heteroatoms. The van der Waals surface area contributed by atoms with Crippen LogP contribution in [-0.4, -0.2) is 33.4 Å². The highest BCUT2D eigenvalue weighted by atomic mass is 16.1. The van der Waals surface area contributed by atoms with E-state index in [2.05, 4.69) is 82.1 Å². The Hall–Kier alpha value is -4.19. The lowest BCUT2D eigenvalue weighted by Crippen LogP contribution is -2.37. The zero-order valence-corrected chi connectivity index (χ0v) is 20.0. The molecule has 2 aliphatic rings. The third-order valence-electron chi connectivity index (χ3n) is 7.72. The van der Waals surface area contributed by atoms with Gasteiger partial charge in [-0.15, -0.1) is 0 Å². The minimum atomic E-state index is -0.0639. The molecule has 0 unspecified atom stereocenters. The summed E-state index contributed by atoms with van der Waals surface area (Å²) in [6.07, 6.45) is 4.58. The van der Waals surface area contributed by atoms with Crippen LogP contribution in [-0.2, 0) is 4.79 Å². The Morgan fingerprint density at radius 2 is 1.50 bits per heavy atom. The smallest absolute Gasteiger partial charge is 0.236 e. The van der Waals surface area contributed by atoms with Gasteiger partial charge in [-0.25, -0.2) is 4.98 Å². The molecule has 0 spiro atoms. The number of carbonyl (C=O) groups excluding carboxylic acids is 1. The summed E-state index contributed by atoms with van der Waals surface area (Å²) in [5, 5.41) is 3.34. The molecule has 5 aromatic rings. The van der Waals surface area contributed by atoms with Gasteiger partial charge in [0.15, 0.2) is 0 Å². The number of imidazole rings is 1. The van der Waals surface area contributed by atoms with Crippen LogP contribution in [0.5, 0.6) is 0 Å². The normalized spacial score (nSPS) is 15.8. The van der Waals surface area contributed by atoms with Crippen LogP contribution < -0.4 is 10.2 Å². The Morgan fingerprint density at radius 1 is 0.833 bits per heavy atom. The van der Waals surface area contributed by atoms with Crippen LogP contribution in [0.25, 0.3) is 27.9 Å². The minimum absolute atomic E-state index is 0.0639. The third-order valence-corrected chi connectivity index (χ3v) is 7.72. The largest absolute Gasteiger partial charge is 0.356 e. The molecule has 1 amide bonds. The van der Waals surface area contributed by atoms with Gasteiger partial charge in [0.25, 0.3) is 0 Å². The number of hydrogen-bond acceptors (Lipinski definition) is 4. The Kier molecular flexibility index (Phi) is 4.98. The molecule has 1 saturated heterocycles.